The van der Waals surface area contributed by atoms with Crippen LogP contribution >= 0.6 is 0 Å². The zero-order valence-corrected chi connectivity index (χ0v) is 12.1. The van der Waals surface area contributed by atoms with E-state index in [-0.39, 0.29) is 17.8 Å². The van der Waals surface area contributed by atoms with E-state index in [0.29, 0.717) is 5.69 Å². The standard InChI is InChI=1S/C14H17F3N4/c1-13(2,3)21-9-10(19-20-21)8-18-12-7-5-4-6-11(12)14(15,16)17/h4-7,9,18H,8H2,1-3H3. The molecule has 114 valence electrons. The van der Waals surface area contributed by atoms with E-state index in [1.165, 1.54) is 12.1 Å². The number of benzene rings is 1. The molecule has 0 fully saturated rings. The van der Waals surface area contributed by atoms with Crippen LogP contribution in [-0.4, -0.2) is 15.0 Å². The monoisotopic (exact) mass is 298 g/mol. The van der Waals surface area contributed by atoms with Crippen molar-refractivity contribution in [3.05, 3.63) is 41.7 Å². The van der Waals surface area contributed by atoms with Crippen molar-refractivity contribution in [2.75, 3.05) is 5.32 Å². The van der Waals surface area contributed by atoms with E-state index in [9.17, 15) is 13.2 Å². The highest BCUT2D eigenvalue weighted by Gasteiger charge is 2.33. The molecule has 1 N–H and O–H groups in total. The lowest BCUT2D eigenvalue weighted by Crippen LogP contribution is -2.22. The van der Waals surface area contributed by atoms with E-state index >= 15 is 0 Å². The summed E-state index contributed by atoms with van der Waals surface area (Å²) in [5, 5.41) is 10.7. The molecule has 0 aliphatic rings. The molecule has 0 amide bonds. The number of nitrogens with zero attached hydrogens (tertiary/aromatic N) is 3. The summed E-state index contributed by atoms with van der Waals surface area (Å²) in [6, 6.07) is 5.37. The van der Waals surface area contributed by atoms with Crippen molar-refractivity contribution in [2.24, 2.45) is 0 Å². The highest BCUT2D eigenvalue weighted by Crippen LogP contribution is 2.34. The number of hydrogen-bond donors (Lipinski definition) is 1. The van der Waals surface area contributed by atoms with E-state index in [0.717, 1.165) is 6.07 Å². The van der Waals surface area contributed by atoms with Gasteiger partial charge in [0.15, 0.2) is 0 Å². The maximum absolute atomic E-state index is 12.9. The Bertz CT molecular complexity index is 611. The Morgan fingerprint density at radius 2 is 1.81 bits per heavy atom. The Balaban J connectivity index is 2.12. The Labute approximate surface area is 121 Å². The zero-order chi connectivity index (χ0) is 15.7. The Kier molecular flexibility index (Phi) is 3.93. The van der Waals surface area contributed by atoms with Crippen LogP contribution in [0, 0.1) is 0 Å². The van der Waals surface area contributed by atoms with Gasteiger partial charge in [-0.25, -0.2) is 4.68 Å². The summed E-state index contributed by atoms with van der Waals surface area (Å²) in [6.07, 6.45) is -2.66. The average molecular weight is 298 g/mol. The minimum atomic E-state index is -4.38. The number of halogens is 3. The molecular weight excluding hydrogens is 281 g/mol. The minimum absolute atomic E-state index is 0.0373. The molecule has 1 aromatic heterocycles. The lowest BCUT2D eigenvalue weighted by atomic mass is 10.1. The molecule has 0 radical (unpaired) electrons. The number of hydrogen-bond acceptors (Lipinski definition) is 3. The number of alkyl halides is 3. The SMILES string of the molecule is CC(C)(C)n1cc(CNc2ccccc2C(F)(F)F)nn1. The number of rotatable bonds is 3. The second-order valence-corrected chi connectivity index (χ2v) is 5.72. The van der Waals surface area contributed by atoms with E-state index in [1.54, 1.807) is 16.9 Å². The summed E-state index contributed by atoms with van der Waals surface area (Å²) in [4.78, 5) is 0. The molecule has 7 heteroatoms. The normalized spacial score (nSPS) is 12.5. The van der Waals surface area contributed by atoms with Crippen molar-refractivity contribution < 1.29 is 13.2 Å². The first-order valence-corrected chi connectivity index (χ1v) is 6.50. The van der Waals surface area contributed by atoms with Crippen LogP contribution in [0.3, 0.4) is 0 Å². The van der Waals surface area contributed by atoms with Gasteiger partial charge in [-0.15, -0.1) is 5.10 Å². The Hall–Kier alpha value is -2.05. The Morgan fingerprint density at radius 1 is 1.14 bits per heavy atom. The molecule has 2 aromatic rings. The van der Waals surface area contributed by atoms with E-state index in [4.69, 9.17) is 0 Å². The van der Waals surface area contributed by atoms with Crippen LogP contribution in [0.4, 0.5) is 18.9 Å². The second-order valence-electron chi connectivity index (χ2n) is 5.72. The van der Waals surface area contributed by atoms with Crippen molar-refractivity contribution in [3.8, 4) is 0 Å². The van der Waals surface area contributed by atoms with Crippen molar-refractivity contribution >= 4 is 5.69 Å². The molecule has 0 aliphatic carbocycles. The molecule has 1 aromatic carbocycles. The summed E-state index contributed by atoms with van der Waals surface area (Å²) >= 11 is 0. The molecular formula is C14H17F3N4. The fourth-order valence-electron chi connectivity index (χ4n) is 1.78. The highest BCUT2D eigenvalue weighted by molar-refractivity contribution is 5.52. The van der Waals surface area contributed by atoms with Gasteiger partial charge in [0.2, 0.25) is 0 Å². The number of anilines is 1. The van der Waals surface area contributed by atoms with E-state index in [2.05, 4.69) is 15.6 Å². The van der Waals surface area contributed by atoms with Crippen LogP contribution in [0.15, 0.2) is 30.5 Å². The van der Waals surface area contributed by atoms with Gasteiger partial charge in [-0.2, -0.15) is 13.2 Å². The van der Waals surface area contributed by atoms with Gasteiger partial charge in [-0.05, 0) is 32.9 Å². The molecule has 0 spiro atoms. The zero-order valence-electron chi connectivity index (χ0n) is 12.1. The molecule has 0 aliphatic heterocycles. The third-order valence-corrected chi connectivity index (χ3v) is 2.92. The predicted octanol–water partition coefficient (Wildman–Crippen LogP) is 3.66. The molecule has 0 saturated heterocycles. The Morgan fingerprint density at radius 3 is 2.38 bits per heavy atom. The van der Waals surface area contributed by atoms with Crippen LogP contribution in [0.1, 0.15) is 32.0 Å². The topological polar surface area (TPSA) is 42.7 Å². The van der Waals surface area contributed by atoms with Gasteiger partial charge in [0, 0.05) is 5.69 Å². The molecule has 0 atom stereocenters. The molecule has 2 rings (SSSR count). The summed E-state index contributed by atoms with van der Waals surface area (Å²) in [5.74, 6) is 0. The minimum Gasteiger partial charge on any atom is -0.379 e. The fourth-order valence-corrected chi connectivity index (χ4v) is 1.78. The van der Waals surface area contributed by atoms with Crippen molar-refractivity contribution in [3.63, 3.8) is 0 Å². The van der Waals surface area contributed by atoms with Crippen molar-refractivity contribution in [1.29, 1.82) is 0 Å². The highest BCUT2D eigenvalue weighted by atomic mass is 19.4. The lowest BCUT2D eigenvalue weighted by Gasteiger charge is -2.17. The molecule has 0 saturated carbocycles. The van der Waals surface area contributed by atoms with Gasteiger partial charge in [-0.1, -0.05) is 17.3 Å². The van der Waals surface area contributed by atoms with Crippen molar-refractivity contribution in [2.45, 2.75) is 39.0 Å². The fraction of sp³-hybridized carbons (Fsp3) is 0.429. The van der Waals surface area contributed by atoms with E-state index in [1.807, 2.05) is 20.8 Å². The summed E-state index contributed by atoms with van der Waals surface area (Å²) in [6.45, 7) is 6.09. The van der Waals surface area contributed by atoms with E-state index < -0.39 is 11.7 Å². The van der Waals surface area contributed by atoms with Crippen LogP contribution in [0.5, 0.6) is 0 Å². The largest absolute Gasteiger partial charge is 0.418 e. The van der Waals surface area contributed by atoms with Crippen LogP contribution in [0.25, 0.3) is 0 Å². The van der Waals surface area contributed by atoms with Gasteiger partial charge in [-0.3, -0.25) is 0 Å². The average Bonchev–Trinajstić information content (AvgIpc) is 2.84. The van der Waals surface area contributed by atoms with Crippen LogP contribution in [0.2, 0.25) is 0 Å². The molecule has 4 nitrogen and oxygen atoms in total. The first kappa shape index (κ1) is 15.3. The summed E-state index contributed by atoms with van der Waals surface area (Å²) < 4.78 is 40.3. The van der Waals surface area contributed by atoms with Gasteiger partial charge in [0.1, 0.15) is 5.69 Å². The molecule has 0 bridgehead atoms. The lowest BCUT2D eigenvalue weighted by molar-refractivity contribution is -0.137. The summed E-state index contributed by atoms with van der Waals surface area (Å²) in [5.41, 5.74) is -0.278. The van der Waals surface area contributed by atoms with Crippen LogP contribution < -0.4 is 5.32 Å². The molecule has 0 unspecified atom stereocenters. The quantitative estimate of drug-likeness (QED) is 0.940. The third kappa shape index (κ3) is 3.74. The maximum Gasteiger partial charge on any atom is 0.418 e. The maximum atomic E-state index is 12.9. The van der Waals surface area contributed by atoms with Gasteiger partial charge >= 0.3 is 6.18 Å². The summed E-state index contributed by atoms with van der Waals surface area (Å²) in [7, 11) is 0. The van der Waals surface area contributed by atoms with Gasteiger partial charge < -0.3 is 5.32 Å². The number of para-hydroxylation sites is 1. The second kappa shape index (κ2) is 5.38. The predicted molar refractivity (Wildman–Crippen MR) is 73.8 cm³/mol. The van der Waals surface area contributed by atoms with Crippen LogP contribution in [-0.2, 0) is 18.3 Å². The third-order valence-electron chi connectivity index (χ3n) is 2.92. The number of aromatic nitrogens is 3. The number of nitrogens with one attached hydrogen (secondary N) is 1. The van der Waals surface area contributed by atoms with Gasteiger partial charge in [0.25, 0.3) is 0 Å². The first-order valence-electron chi connectivity index (χ1n) is 6.50. The molecule has 21 heavy (non-hydrogen) atoms. The van der Waals surface area contributed by atoms with Gasteiger partial charge in [0.05, 0.1) is 23.8 Å². The first-order chi connectivity index (χ1) is 9.68. The molecule has 1 heterocycles. The smallest absolute Gasteiger partial charge is 0.379 e. The van der Waals surface area contributed by atoms with Crippen molar-refractivity contribution in [1.82, 2.24) is 15.0 Å².